The van der Waals surface area contributed by atoms with Crippen molar-refractivity contribution in [3.05, 3.63) is 73.1 Å². The van der Waals surface area contributed by atoms with E-state index in [1.807, 2.05) is 22.6 Å². The largest absolute Gasteiger partial charge is 0.294 e. The summed E-state index contributed by atoms with van der Waals surface area (Å²) >= 11 is 1.91. The number of rotatable bonds is 4. The van der Waals surface area contributed by atoms with E-state index in [2.05, 4.69) is 0 Å². The zero-order chi connectivity index (χ0) is 14.7. The summed E-state index contributed by atoms with van der Waals surface area (Å²) in [7, 11) is 0. The monoisotopic (exact) mass is 385 g/mol. The molecule has 0 spiro atoms. The standard InChI is InChI=1S/C14H9FINO3/c15-10-3-6-12(13(16)8-10)14(18)7-9-1-4-11(5-2-9)17(19)20/h1-6,8H,7H2. The van der Waals surface area contributed by atoms with Gasteiger partial charge in [-0.3, -0.25) is 14.9 Å². The van der Waals surface area contributed by atoms with Crippen molar-refractivity contribution in [3.8, 4) is 0 Å². The van der Waals surface area contributed by atoms with Crippen LogP contribution in [0.5, 0.6) is 0 Å². The minimum Gasteiger partial charge on any atom is -0.294 e. The molecule has 0 radical (unpaired) electrons. The quantitative estimate of drug-likeness (QED) is 0.349. The van der Waals surface area contributed by atoms with Crippen LogP contribution in [-0.4, -0.2) is 10.7 Å². The summed E-state index contributed by atoms with van der Waals surface area (Å²) in [6, 6.07) is 9.80. The second kappa shape index (κ2) is 6.08. The number of ketones is 1. The lowest BCUT2D eigenvalue weighted by Gasteiger charge is -2.04. The third-order valence-electron chi connectivity index (χ3n) is 2.74. The van der Waals surface area contributed by atoms with Gasteiger partial charge in [0.05, 0.1) is 4.92 Å². The SMILES string of the molecule is O=C(Cc1ccc([N+](=O)[O-])cc1)c1ccc(F)cc1I. The number of benzene rings is 2. The number of nitro benzene ring substituents is 1. The summed E-state index contributed by atoms with van der Waals surface area (Å²) in [6.07, 6.45) is 0.125. The molecule has 0 heterocycles. The minimum atomic E-state index is -0.492. The number of hydrogen-bond donors (Lipinski definition) is 0. The molecule has 0 atom stereocenters. The van der Waals surface area contributed by atoms with Crippen LogP contribution < -0.4 is 0 Å². The molecule has 0 fully saturated rings. The Labute approximate surface area is 127 Å². The van der Waals surface area contributed by atoms with Gasteiger partial charge in [0.15, 0.2) is 5.78 Å². The highest BCUT2D eigenvalue weighted by atomic mass is 127. The predicted molar refractivity (Wildman–Crippen MR) is 80.2 cm³/mol. The van der Waals surface area contributed by atoms with Crippen LogP contribution in [0.2, 0.25) is 0 Å². The first-order valence-corrected chi connectivity index (χ1v) is 6.77. The van der Waals surface area contributed by atoms with Crippen molar-refractivity contribution in [3.63, 3.8) is 0 Å². The van der Waals surface area contributed by atoms with Crippen molar-refractivity contribution in [1.29, 1.82) is 0 Å². The van der Waals surface area contributed by atoms with Crippen molar-refractivity contribution in [2.75, 3.05) is 0 Å². The first-order valence-electron chi connectivity index (χ1n) is 5.69. The summed E-state index contributed by atoms with van der Waals surface area (Å²) in [5.41, 5.74) is 1.11. The van der Waals surface area contributed by atoms with Gasteiger partial charge in [-0.15, -0.1) is 0 Å². The van der Waals surface area contributed by atoms with Crippen molar-refractivity contribution in [1.82, 2.24) is 0 Å². The average Bonchev–Trinajstić information content (AvgIpc) is 2.39. The van der Waals surface area contributed by atoms with E-state index in [1.165, 1.54) is 30.3 Å². The zero-order valence-corrected chi connectivity index (χ0v) is 12.3. The predicted octanol–water partition coefficient (Wildman–Crippen LogP) is 3.76. The Morgan fingerprint density at radius 2 is 1.85 bits per heavy atom. The Morgan fingerprint density at radius 1 is 1.20 bits per heavy atom. The van der Waals surface area contributed by atoms with E-state index in [9.17, 15) is 19.3 Å². The van der Waals surface area contributed by atoms with Gasteiger partial charge in [0, 0.05) is 27.7 Å². The summed E-state index contributed by atoms with van der Waals surface area (Å²) in [6.45, 7) is 0. The fourth-order valence-electron chi connectivity index (χ4n) is 1.73. The summed E-state index contributed by atoms with van der Waals surface area (Å²) in [4.78, 5) is 22.1. The van der Waals surface area contributed by atoms with E-state index >= 15 is 0 Å². The molecule has 20 heavy (non-hydrogen) atoms. The molecule has 0 aliphatic carbocycles. The van der Waals surface area contributed by atoms with E-state index < -0.39 is 4.92 Å². The molecule has 0 bridgehead atoms. The fourth-order valence-corrected chi connectivity index (χ4v) is 2.51. The maximum atomic E-state index is 13.0. The molecular formula is C14H9FINO3. The van der Waals surface area contributed by atoms with Crippen molar-refractivity contribution >= 4 is 34.1 Å². The number of halogens is 2. The molecule has 0 saturated carbocycles. The van der Waals surface area contributed by atoms with Gasteiger partial charge in [0.25, 0.3) is 5.69 Å². The Hall–Kier alpha value is -1.83. The molecule has 0 unspecified atom stereocenters. The Morgan fingerprint density at radius 3 is 2.40 bits per heavy atom. The molecule has 2 aromatic rings. The van der Waals surface area contributed by atoms with Crippen LogP contribution in [0.3, 0.4) is 0 Å². The van der Waals surface area contributed by atoms with Crippen LogP contribution >= 0.6 is 22.6 Å². The van der Waals surface area contributed by atoms with Gasteiger partial charge in [-0.25, -0.2) is 4.39 Å². The number of nitrogens with zero attached hydrogens (tertiary/aromatic N) is 1. The van der Waals surface area contributed by atoms with Gasteiger partial charge < -0.3 is 0 Å². The average molecular weight is 385 g/mol. The summed E-state index contributed by atoms with van der Waals surface area (Å²) < 4.78 is 13.5. The first kappa shape index (κ1) is 14.6. The van der Waals surface area contributed by atoms with Gasteiger partial charge in [0.2, 0.25) is 0 Å². The molecule has 0 N–H and O–H groups in total. The van der Waals surface area contributed by atoms with Crippen LogP contribution in [0.1, 0.15) is 15.9 Å². The Kier molecular flexibility index (Phi) is 4.43. The first-order chi connectivity index (χ1) is 9.47. The molecule has 2 rings (SSSR count). The lowest BCUT2D eigenvalue weighted by Crippen LogP contribution is -2.06. The maximum absolute atomic E-state index is 13.0. The molecular weight excluding hydrogens is 376 g/mol. The Balaban J connectivity index is 2.17. The number of carbonyl (C=O) groups is 1. The van der Waals surface area contributed by atoms with E-state index in [0.29, 0.717) is 14.7 Å². The number of Topliss-reactive ketones (excluding diaryl/α,β-unsaturated/α-hetero) is 1. The maximum Gasteiger partial charge on any atom is 0.269 e. The van der Waals surface area contributed by atoms with Crippen LogP contribution in [0.4, 0.5) is 10.1 Å². The molecule has 0 saturated heterocycles. The lowest BCUT2D eigenvalue weighted by molar-refractivity contribution is -0.384. The van der Waals surface area contributed by atoms with Gasteiger partial charge in [-0.1, -0.05) is 12.1 Å². The number of hydrogen-bond acceptors (Lipinski definition) is 3. The third-order valence-corrected chi connectivity index (χ3v) is 3.64. The van der Waals surface area contributed by atoms with Crippen LogP contribution in [0.25, 0.3) is 0 Å². The number of non-ortho nitro benzene ring substituents is 1. The van der Waals surface area contributed by atoms with Gasteiger partial charge >= 0.3 is 0 Å². The minimum absolute atomic E-state index is 0.0161. The van der Waals surface area contributed by atoms with Gasteiger partial charge in [-0.05, 0) is 46.4 Å². The summed E-state index contributed by atoms with van der Waals surface area (Å²) in [5, 5.41) is 10.5. The molecule has 4 nitrogen and oxygen atoms in total. The zero-order valence-electron chi connectivity index (χ0n) is 10.2. The highest BCUT2D eigenvalue weighted by molar-refractivity contribution is 14.1. The lowest BCUT2D eigenvalue weighted by atomic mass is 10.0. The van der Waals surface area contributed by atoms with E-state index in [1.54, 1.807) is 12.1 Å². The molecule has 0 aliphatic heterocycles. The topological polar surface area (TPSA) is 60.2 Å². The normalized spacial score (nSPS) is 10.3. The molecule has 0 aromatic heterocycles. The third kappa shape index (κ3) is 3.38. The van der Waals surface area contributed by atoms with Gasteiger partial charge in [-0.2, -0.15) is 0 Å². The van der Waals surface area contributed by atoms with Crippen LogP contribution in [-0.2, 0) is 6.42 Å². The van der Waals surface area contributed by atoms with Crippen molar-refractivity contribution in [2.24, 2.45) is 0 Å². The second-order valence-electron chi connectivity index (χ2n) is 4.15. The second-order valence-corrected chi connectivity index (χ2v) is 5.31. The molecule has 102 valence electrons. The highest BCUT2D eigenvalue weighted by Crippen LogP contribution is 2.18. The van der Waals surface area contributed by atoms with Crippen LogP contribution in [0.15, 0.2) is 42.5 Å². The molecule has 6 heteroatoms. The molecule has 2 aromatic carbocycles. The van der Waals surface area contributed by atoms with Crippen molar-refractivity contribution in [2.45, 2.75) is 6.42 Å². The van der Waals surface area contributed by atoms with Crippen molar-refractivity contribution < 1.29 is 14.1 Å². The van der Waals surface area contributed by atoms with Crippen LogP contribution in [0, 0.1) is 19.5 Å². The molecule has 0 aliphatic rings. The number of nitro groups is 1. The smallest absolute Gasteiger partial charge is 0.269 e. The van der Waals surface area contributed by atoms with E-state index in [4.69, 9.17) is 0 Å². The number of carbonyl (C=O) groups excluding carboxylic acids is 1. The summed E-state index contributed by atoms with van der Waals surface area (Å²) in [5.74, 6) is -0.537. The fraction of sp³-hybridized carbons (Fsp3) is 0.0714. The highest BCUT2D eigenvalue weighted by Gasteiger charge is 2.12. The molecule has 0 amide bonds. The van der Waals surface area contributed by atoms with E-state index in [0.717, 1.165) is 0 Å². The Bertz CT molecular complexity index is 671. The van der Waals surface area contributed by atoms with E-state index in [-0.39, 0.29) is 23.7 Å². The van der Waals surface area contributed by atoms with Gasteiger partial charge in [0.1, 0.15) is 5.82 Å².